The molecule has 0 aliphatic carbocycles. The molecule has 0 aliphatic rings. The van der Waals surface area contributed by atoms with Gasteiger partial charge in [-0.2, -0.15) is 0 Å². The van der Waals surface area contributed by atoms with Gasteiger partial charge in [-0.15, -0.1) is 0 Å². The molecule has 3 aromatic rings. The van der Waals surface area contributed by atoms with Gasteiger partial charge in [0.2, 0.25) is 0 Å². The van der Waals surface area contributed by atoms with Gasteiger partial charge in [0.05, 0.1) is 10.6 Å². The lowest BCUT2D eigenvalue weighted by molar-refractivity contribution is -0.118. The van der Waals surface area contributed by atoms with E-state index in [0.29, 0.717) is 22.7 Å². The number of carbonyl (C=O) groups is 1. The Labute approximate surface area is 178 Å². The standard InChI is InChI=1S/C21H19BrN2O4S/c1-15-13-17(29(26,27)24-16-7-3-2-4-8-16)11-12-20(15)28-14-21(25)23-19-10-6-5-9-18(19)22/h2-13,24H,14H2,1H3,(H,23,25). The molecule has 0 unspecified atom stereocenters. The van der Waals surface area contributed by atoms with Crippen LogP contribution in [0.2, 0.25) is 0 Å². The Balaban J connectivity index is 1.65. The van der Waals surface area contributed by atoms with Crippen molar-refractivity contribution in [2.45, 2.75) is 11.8 Å². The molecule has 2 N–H and O–H groups in total. The van der Waals surface area contributed by atoms with Crippen molar-refractivity contribution < 1.29 is 17.9 Å². The molecule has 0 saturated heterocycles. The molecule has 29 heavy (non-hydrogen) atoms. The lowest BCUT2D eigenvalue weighted by Crippen LogP contribution is -2.20. The predicted molar refractivity (Wildman–Crippen MR) is 117 cm³/mol. The summed E-state index contributed by atoms with van der Waals surface area (Å²) >= 11 is 3.36. The van der Waals surface area contributed by atoms with Gasteiger partial charge >= 0.3 is 0 Å². The molecule has 150 valence electrons. The zero-order valence-corrected chi connectivity index (χ0v) is 18.0. The second kappa shape index (κ2) is 9.11. The molecule has 0 spiro atoms. The number of nitrogens with one attached hydrogen (secondary N) is 2. The fraction of sp³-hybridized carbons (Fsp3) is 0.0952. The van der Waals surface area contributed by atoms with E-state index in [-0.39, 0.29) is 17.4 Å². The SMILES string of the molecule is Cc1cc(S(=O)(=O)Nc2ccccc2)ccc1OCC(=O)Nc1ccccc1Br. The Morgan fingerprint density at radius 2 is 1.69 bits per heavy atom. The third kappa shape index (κ3) is 5.58. The van der Waals surface area contributed by atoms with Gasteiger partial charge in [-0.1, -0.05) is 30.3 Å². The predicted octanol–water partition coefficient (Wildman–Crippen LogP) is 4.58. The van der Waals surface area contributed by atoms with Crippen LogP contribution in [0.4, 0.5) is 11.4 Å². The maximum Gasteiger partial charge on any atom is 0.262 e. The van der Waals surface area contributed by atoms with Crippen LogP contribution >= 0.6 is 15.9 Å². The molecule has 0 atom stereocenters. The van der Waals surface area contributed by atoms with Crippen molar-refractivity contribution in [3.8, 4) is 5.75 Å². The quantitative estimate of drug-likeness (QED) is 0.524. The average Bonchev–Trinajstić information content (AvgIpc) is 2.69. The number of halogens is 1. The van der Waals surface area contributed by atoms with E-state index < -0.39 is 10.0 Å². The highest BCUT2D eigenvalue weighted by Crippen LogP contribution is 2.24. The van der Waals surface area contributed by atoms with Gasteiger partial charge in [0.1, 0.15) is 5.75 Å². The summed E-state index contributed by atoms with van der Waals surface area (Å²) in [6.45, 7) is 1.53. The first-order valence-electron chi connectivity index (χ1n) is 8.71. The number of rotatable bonds is 7. The third-order valence-corrected chi connectivity index (χ3v) is 6.06. The Kier molecular flexibility index (Phi) is 6.56. The average molecular weight is 475 g/mol. The Morgan fingerprint density at radius 3 is 2.38 bits per heavy atom. The van der Waals surface area contributed by atoms with Crippen molar-refractivity contribution in [2.75, 3.05) is 16.6 Å². The van der Waals surface area contributed by atoms with Gasteiger partial charge in [-0.3, -0.25) is 9.52 Å². The minimum absolute atomic E-state index is 0.115. The Morgan fingerprint density at radius 1 is 1.00 bits per heavy atom. The Hall–Kier alpha value is -2.84. The van der Waals surface area contributed by atoms with E-state index in [1.807, 2.05) is 18.2 Å². The molecule has 1 amide bonds. The van der Waals surface area contributed by atoms with Crippen LogP contribution in [-0.2, 0) is 14.8 Å². The van der Waals surface area contributed by atoms with Crippen LogP contribution < -0.4 is 14.8 Å². The van der Waals surface area contributed by atoms with Crippen LogP contribution in [0.1, 0.15) is 5.56 Å². The maximum absolute atomic E-state index is 12.5. The summed E-state index contributed by atoms with van der Waals surface area (Å²) < 4.78 is 33.9. The summed E-state index contributed by atoms with van der Waals surface area (Å²) in [5, 5.41) is 2.75. The number of ether oxygens (including phenoxy) is 1. The van der Waals surface area contributed by atoms with Crippen LogP contribution in [0, 0.1) is 6.92 Å². The molecule has 0 fully saturated rings. The molecule has 6 nitrogen and oxygen atoms in total. The van der Waals surface area contributed by atoms with Crippen molar-refractivity contribution in [3.05, 3.63) is 82.8 Å². The third-order valence-electron chi connectivity index (χ3n) is 3.99. The number of carbonyl (C=O) groups excluding carboxylic acids is 1. The van der Waals surface area contributed by atoms with E-state index >= 15 is 0 Å². The number of hydrogen-bond donors (Lipinski definition) is 2. The summed E-state index contributed by atoms with van der Waals surface area (Å²) in [5.41, 5.74) is 1.73. The van der Waals surface area contributed by atoms with E-state index in [1.54, 1.807) is 49.4 Å². The van der Waals surface area contributed by atoms with E-state index in [9.17, 15) is 13.2 Å². The van der Waals surface area contributed by atoms with Crippen LogP contribution in [0.25, 0.3) is 0 Å². The summed E-state index contributed by atoms with van der Waals surface area (Å²) in [4.78, 5) is 12.2. The number of benzene rings is 3. The maximum atomic E-state index is 12.5. The normalized spacial score (nSPS) is 11.0. The number of para-hydroxylation sites is 2. The lowest BCUT2D eigenvalue weighted by atomic mass is 10.2. The molecule has 0 heterocycles. The molecule has 0 bridgehead atoms. The van der Waals surface area contributed by atoms with Gasteiger partial charge in [0.15, 0.2) is 6.61 Å². The number of sulfonamides is 1. The molecule has 0 aliphatic heterocycles. The van der Waals surface area contributed by atoms with Crippen LogP contribution in [-0.4, -0.2) is 20.9 Å². The number of amides is 1. The van der Waals surface area contributed by atoms with E-state index in [0.717, 1.165) is 4.47 Å². The second-order valence-electron chi connectivity index (χ2n) is 6.22. The van der Waals surface area contributed by atoms with Gasteiger partial charge in [-0.05, 0) is 70.9 Å². The monoisotopic (exact) mass is 474 g/mol. The minimum atomic E-state index is -3.72. The van der Waals surface area contributed by atoms with Gasteiger partial charge < -0.3 is 10.1 Å². The molecular weight excluding hydrogens is 456 g/mol. The Bertz CT molecular complexity index is 1120. The highest BCUT2D eigenvalue weighted by Gasteiger charge is 2.16. The summed E-state index contributed by atoms with van der Waals surface area (Å²) in [5.74, 6) is 0.115. The van der Waals surface area contributed by atoms with Crippen LogP contribution in [0.3, 0.4) is 0 Å². The van der Waals surface area contributed by atoms with Gasteiger partial charge in [-0.25, -0.2) is 8.42 Å². The fourth-order valence-corrected chi connectivity index (χ4v) is 4.09. The van der Waals surface area contributed by atoms with Crippen LogP contribution in [0.5, 0.6) is 5.75 Å². The van der Waals surface area contributed by atoms with Gasteiger partial charge in [0.25, 0.3) is 15.9 Å². The molecular formula is C21H19BrN2O4S. The zero-order valence-electron chi connectivity index (χ0n) is 15.6. The minimum Gasteiger partial charge on any atom is -0.483 e. The second-order valence-corrected chi connectivity index (χ2v) is 8.75. The first kappa shape index (κ1) is 20.9. The zero-order chi connectivity index (χ0) is 20.9. The first-order valence-corrected chi connectivity index (χ1v) is 11.0. The summed E-state index contributed by atoms with van der Waals surface area (Å²) in [6, 6.07) is 20.4. The number of aryl methyl sites for hydroxylation is 1. The fourth-order valence-electron chi connectivity index (χ4n) is 2.56. The molecule has 0 radical (unpaired) electrons. The van der Waals surface area contributed by atoms with Crippen molar-refractivity contribution >= 4 is 43.2 Å². The number of hydrogen-bond acceptors (Lipinski definition) is 4. The highest BCUT2D eigenvalue weighted by molar-refractivity contribution is 9.10. The largest absolute Gasteiger partial charge is 0.483 e. The molecule has 0 aromatic heterocycles. The van der Waals surface area contributed by atoms with Crippen LogP contribution in [0.15, 0.2) is 82.2 Å². The number of anilines is 2. The molecule has 3 rings (SSSR count). The first-order chi connectivity index (χ1) is 13.8. The molecule has 8 heteroatoms. The highest BCUT2D eigenvalue weighted by atomic mass is 79.9. The van der Waals surface area contributed by atoms with Crippen molar-refractivity contribution in [1.82, 2.24) is 0 Å². The van der Waals surface area contributed by atoms with Crippen molar-refractivity contribution in [3.63, 3.8) is 0 Å². The molecule has 3 aromatic carbocycles. The lowest BCUT2D eigenvalue weighted by Gasteiger charge is -2.13. The smallest absolute Gasteiger partial charge is 0.262 e. The summed E-state index contributed by atoms with van der Waals surface area (Å²) in [6.07, 6.45) is 0. The topological polar surface area (TPSA) is 84.5 Å². The summed E-state index contributed by atoms with van der Waals surface area (Å²) in [7, 11) is -3.72. The molecule has 0 saturated carbocycles. The van der Waals surface area contributed by atoms with E-state index in [2.05, 4.69) is 26.0 Å². The van der Waals surface area contributed by atoms with Crippen molar-refractivity contribution in [2.24, 2.45) is 0 Å². The van der Waals surface area contributed by atoms with Crippen molar-refractivity contribution in [1.29, 1.82) is 0 Å². The van der Waals surface area contributed by atoms with E-state index in [4.69, 9.17) is 4.74 Å². The van der Waals surface area contributed by atoms with Gasteiger partial charge in [0, 0.05) is 10.2 Å². The van der Waals surface area contributed by atoms with E-state index in [1.165, 1.54) is 12.1 Å².